The van der Waals surface area contributed by atoms with Crippen molar-refractivity contribution in [1.29, 1.82) is 0 Å². The summed E-state index contributed by atoms with van der Waals surface area (Å²) in [7, 11) is 0. The lowest BCUT2D eigenvalue weighted by atomic mass is 10.1. The van der Waals surface area contributed by atoms with Crippen molar-refractivity contribution in [2.45, 2.75) is 18.9 Å². The highest BCUT2D eigenvalue weighted by Crippen LogP contribution is 2.12. The maximum Gasteiger partial charge on any atom is 0.269 e. The van der Waals surface area contributed by atoms with Crippen molar-refractivity contribution in [2.24, 2.45) is 0 Å². The van der Waals surface area contributed by atoms with E-state index in [-0.39, 0.29) is 24.6 Å². The van der Waals surface area contributed by atoms with E-state index in [1.807, 2.05) is 6.26 Å². The average molecular weight is 298 g/mol. The number of hydrogen-bond donors (Lipinski definition) is 2. The van der Waals surface area contributed by atoms with Crippen LogP contribution in [0.15, 0.2) is 24.3 Å². The predicted molar refractivity (Wildman–Crippen MR) is 78.8 cm³/mol. The van der Waals surface area contributed by atoms with Gasteiger partial charge in [-0.15, -0.1) is 0 Å². The van der Waals surface area contributed by atoms with Gasteiger partial charge in [0.2, 0.25) is 5.91 Å². The van der Waals surface area contributed by atoms with Crippen LogP contribution in [-0.4, -0.2) is 40.1 Å². The molecule has 2 N–H and O–H groups in total. The second kappa shape index (κ2) is 7.25. The molecule has 1 aromatic rings. The lowest BCUT2D eigenvalue weighted by molar-refractivity contribution is -0.384. The Balaban J connectivity index is 2.48. The number of nitro groups is 1. The predicted octanol–water partition coefficient (Wildman–Crippen LogP) is 1.37. The summed E-state index contributed by atoms with van der Waals surface area (Å²) in [4.78, 5) is 21.7. The highest BCUT2D eigenvalue weighted by Gasteiger charge is 2.20. The molecule has 1 rings (SSSR count). The second-order valence-corrected chi connectivity index (χ2v) is 5.67. The fraction of sp³-hybridized carbons (Fsp3) is 0.462. The molecule has 0 aliphatic heterocycles. The lowest BCUT2D eigenvalue weighted by Crippen LogP contribution is -2.42. The lowest BCUT2D eigenvalue weighted by Gasteiger charge is -2.22. The molecular formula is C13H18N2O4S. The number of carbonyl (C=O) groups is 1. The van der Waals surface area contributed by atoms with Crippen molar-refractivity contribution < 1.29 is 14.8 Å². The van der Waals surface area contributed by atoms with Crippen LogP contribution in [0, 0.1) is 10.1 Å². The Labute approximate surface area is 121 Å². The Morgan fingerprint density at radius 2 is 2.05 bits per heavy atom. The van der Waals surface area contributed by atoms with Crippen LogP contribution in [0.3, 0.4) is 0 Å². The normalized spacial score (nSPS) is 13.6. The third kappa shape index (κ3) is 5.58. The van der Waals surface area contributed by atoms with Crippen LogP contribution < -0.4 is 5.32 Å². The van der Waals surface area contributed by atoms with Crippen LogP contribution in [0.5, 0.6) is 0 Å². The summed E-state index contributed by atoms with van der Waals surface area (Å²) in [6.45, 7) is 1.84. The van der Waals surface area contributed by atoms with Gasteiger partial charge >= 0.3 is 0 Å². The average Bonchev–Trinajstić information content (AvgIpc) is 2.37. The van der Waals surface area contributed by atoms with E-state index in [2.05, 4.69) is 5.32 Å². The molecule has 0 radical (unpaired) electrons. The van der Waals surface area contributed by atoms with Crippen LogP contribution in [0.1, 0.15) is 12.5 Å². The van der Waals surface area contributed by atoms with Gasteiger partial charge in [0, 0.05) is 24.4 Å². The van der Waals surface area contributed by atoms with Crippen molar-refractivity contribution in [3.8, 4) is 0 Å². The topological polar surface area (TPSA) is 92.5 Å². The van der Waals surface area contributed by atoms with E-state index < -0.39 is 10.5 Å². The summed E-state index contributed by atoms with van der Waals surface area (Å²) in [5.74, 6) is 0.311. The number of non-ortho nitro benzene ring substituents is 1. The van der Waals surface area contributed by atoms with Crippen LogP contribution in [0.2, 0.25) is 0 Å². The smallest absolute Gasteiger partial charge is 0.269 e. The Morgan fingerprint density at radius 1 is 1.45 bits per heavy atom. The molecule has 1 amide bonds. The summed E-state index contributed by atoms with van der Waals surface area (Å²) >= 11 is 1.50. The largest absolute Gasteiger partial charge is 0.387 e. The number of nitrogens with one attached hydrogen (secondary N) is 1. The van der Waals surface area contributed by atoms with Crippen molar-refractivity contribution >= 4 is 23.4 Å². The zero-order chi connectivity index (χ0) is 15.2. The van der Waals surface area contributed by atoms with Gasteiger partial charge in [0.25, 0.3) is 5.69 Å². The van der Waals surface area contributed by atoms with Crippen molar-refractivity contribution in [1.82, 2.24) is 5.32 Å². The summed E-state index contributed by atoms with van der Waals surface area (Å²) < 4.78 is 0. The zero-order valence-electron chi connectivity index (χ0n) is 11.5. The van der Waals surface area contributed by atoms with E-state index >= 15 is 0 Å². The number of thioether (sulfide) groups is 1. The number of rotatable bonds is 7. The number of carbonyl (C=O) groups excluding carboxylic acids is 1. The first-order valence-corrected chi connectivity index (χ1v) is 7.45. The van der Waals surface area contributed by atoms with E-state index in [0.717, 1.165) is 0 Å². The minimum atomic E-state index is -0.940. The molecule has 1 atom stereocenters. The molecule has 0 bridgehead atoms. The number of amides is 1. The van der Waals surface area contributed by atoms with Crippen LogP contribution in [-0.2, 0) is 11.2 Å². The molecule has 0 spiro atoms. The molecule has 20 heavy (non-hydrogen) atoms. The summed E-state index contributed by atoms with van der Waals surface area (Å²) in [6.07, 6.45) is 2.01. The highest BCUT2D eigenvalue weighted by atomic mass is 32.2. The molecule has 0 saturated heterocycles. The van der Waals surface area contributed by atoms with Crippen molar-refractivity contribution in [3.63, 3.8) is 0 Å². The van der Waals surface area contributed by atoms with Gasteiger partial charge in [0.1, 0.15) is 0 Å². The Bertz CT molecular complexity index is 474. The summed E-state index contributed by atoms with van der Waals surface area (Å²) in [6, 6.07) is 5.84. The van der Waals surface area contributed by atoms with Crippen molar-refractivity contribution in [2.75, 3.05) is 18.6 Å². The first-order valence-electron chi connectivity index (χ1n) is 6.05. The molecule has 0 fully saturated rings. The molecule has 6 nitrogen and oxygen atoms in total. The number of hydrogen-bond acceptors (Lipinski definition) is 5. The minimum absolute atomic E-state index is 0.00272. The maximum atomic E-state index is 11.7. The highest BCUT2D eigenvalue weighted by molar-refractivity contribution is 7.98. The van der Waals surface area contributed by atoms with Gasteiger partial charge in [0.15, 0.2) is 0 Å². The number of nitrogens with zero attached hydrogens (tertiary/aromatic N) is 1. The minimum Gasteiger partial charge on any atom is -0.387 e. The second-order valence-electron chi connectivity index (χ2n) is 4.81. The quantitative estimate of drug-likeness (QED) is 0.586. The molecule has 110 valence electrons. The molecule has 0 saturated carbocycles. The molecule has 0 heterocycles. The zero-order valence-corrected chi connectivity index (χ0v) is 12.3. The Hall–Kier alpha value is -1.60. The van der Waals surface area contributed by atoms with Gasteiger partial charge in [-0.05, 0) is 18.7 Å². The first-order chi connectivity index (χ1) is 9.34. The number of nitro benzene ring substituents is 1. The maximum absolute atomic E-state index is 11.7. The fourth-order valence-corrected chi connectivity index (χ4v) is 2.36. The molecular weight excluding hydrogens is 280 g/mol. The van der Waals surface area contributed by atoms with Gasteiger partial charge in [-0.25, -0.2) is 0 Å². The van der Waals surface area contributed by atoms with Crippen LogP contribution in [0.25, 0.3) is 0 Å². The van der Waals surface area contributed by atoms with E-state index in [1.165, 1.54) is 23.9 Å². The molecule has 1 unspecified atom stereocenters. The summed E-state index contributed by atoms with van der Waals surface area (Å²) in [5.41, 5.74) is -0.250. The van der Waals surface area contributed by atoms with E-state index in [0.29, 0.717) is 11.3 Å². The third-order valence-corrected chi connectivity index (χ3v) is 3.54. The Morgan fingerprint density at radius 3 is 2.55 bits per heavy atom. The fourth-order valence-electron chi connectivity index (χ4n) is 1.63. The third-order valence-electron chi connectivity index (χ3n) is 2.63. The molecule has 1 aromatic carbocycles. The first kappa shape index (κ1) is 16.5. The SMILES string of the molecule is CSCC(C)(O)CNC(=O)Cc1ccc([N+](=O)[O-])cc1. The van der Waals surface area contributed by atoms with E-state index in [4.69, 9.17) is 0 Å². The molecule has 7 heteroatoms. The molecule has 0 aliphatic carbocycles. The molecule has 0 aliphatic rings. The Kier molecular flexibility index (Phi) is 5.97. The summed E-state index contributed by atoms with van der Waals surface area (Å²) in [5, 5.41) is 23.1. The monoisotopic (exact) mass is 298 g/mol. The van der Waals surface area contributed by atoms with Gasteiger partial charge < -0.3 is 10.4 Å². The number of aliphatic hydroxyl groups is 1. The number of benzene rings is 1. The van der Waals surface area contributed by atoms with Gasteiger partial charge in [-0.2, -0.15) is 11.8 Å². The van der Waals surface area contributed by atoms with Gasteiger partial charge in [-0.1, -0.05) is 12.1 Å². The van der Waals surface area contributed by atoms with E-state index in [9.17, 15) is 20.0 Å². The van der Waals surface area contributed by atoms with Gasteiger partial charge in [0.05, 0.1) is 16.9 Å². The van der Waals surface area contributed by atoms with Crippen LogP contribution >= 0.6 is 11.8 Å². The van der Waals surface area contributed by atoms with Gasteiger partial charge in [-0.3, -0.25) is 14.9 Å². The van der Waals surface area contributed by atoms with Crippen molar-refractivity contribution in [3.05, 3.63) is 39.9 Å². The molecule has 0 aromatic heterocycles. The van der Waals surface area contributed by atoms with Crippen LogP contribution in [0.4, 0.5) is 5.69 Å². The standard InChI is InChI=1S/C13H18N2O4S/c1-13(17,9-20-2)8-14-12(16)7-10-3-5-11(6-4-10)15(18)19/h3-6,17H,7-9H2,1-2H3,(H,14,16). The van der Waals surface area contributed by atoms with E-state index in [1.54, 1.807) is 19.1 Å².